The number of sulfonamides is 1. The molecule has 1 aromatic rings. The van der Waals surface area contributed by atoms with Gasteiger partial charge in [-0.1, -0.05) is 0 Å². The van der Waals surface area contributed by atoms with Gasteiger partial charge in [0.2, 0.25) is 10.0 Å². The third-order valence-electron chi connectivity index (χ3n) is 1.89. The summed E-state index contributed by atoms with van der Waals surface area (Å²) in [6, 6.07) is 1.15. The largest absolute Gasteiger partial charge is 0.374 e. The van der Waals surface area contributed by atoms with Crippen molar-refractivity contribution in [3.63, 3.8) is 0 Å². The first-order valence-electron chi connectivity index (χ1n) is 5.06. The Hall–Kier alpha value is -1.10. The Balaban J connectivity index is 2.40. The number of carbonyl (C=O) groups excluding carboxylic acids is 1. The van der Waals surface area contributed by atoms with Crippen LogP contribution in [0.1, 0.15) is 10.4 Å². The molecule has 0 radical (unpaired) electrons. The van der Waals surface area contributed by atoms with Crippen LogP contribution in [-0.2, 0) is 14.8 Å². The number of carbonyl (C=O) groups is 1. The summed E-state index contributed by atoms with van der Waals surface area (Å²) in [7, 11) is -3.82. The number of hydrogen-bond acceptors (Lipinski definition) is 5. The zero-order valence-corrected chi connectivity index (χ0v) is 11.3. The fourth-order valence-corrected chi connectivity index (χ4v) is 2.68. The van der Waals surface area contributed by atoms with Crippen molar-refractivity contribution in [2.24, 2.45) is 5.14 Å². The minimum atomic E-state index is -3.82. The molecule has 1 aromatic heterocycles. The number of nitrogens with one attached hydrogen (secondary N) is 1. The fraction of sp³-hybridized carbons (Fsp3) is 0.444. The molecule has 1 rings (SSSR count). The van der Waals surface area contributed by atoms with E-state index in [1.165, 1.54) is 5.38 Å². The molecule has 0 aliphatic rings. The van der Waals surface area contributed by atoms with Gasteiger partial charge in [0.25, 0.3) is 12.3 Å². The average molecular weight is 314 g/mol. The van der Waals surface area contributed by atoms with Gasteiger partial charge in [0.15, 0.2) is 0 Å². The molecule has 19 heavy (non-hydrogen) atoms. The van der Waals surface area contributed by atoms with Crippen molar-refractivity contribution in [3.8, 4) is 0 Å². The molecule has 0 aliphatic carbocycles. The number of alkyl halides is 2. The van der Waals surface area contributed by atoms with Crippen LogP contribution in [0.25, 0.3) is 0 Å². The molecule has 10 heteroatoms. The predicted octanol–water partition coefficient (Wildman–Crippen LogP) is 0.407. The molecule has 0 atom stereocenters. The molecule has 0 aromatic carbocycles. The molecule has 0 unspecified atom stereocenters. The maximum Gasteiger partial charge on any atom is 0.261 e. The Morgan fingerprint density at radius 1 is 1.53 bits per heavy atom. The Morgan fingerprint density at radius 2 is 2.21 bits per heavy atom. The summed E-state index contributed by atoms with van der Waals surface area (Å²) in [6.45, 7) is -0.696. The average Bonchev–Trinajstić information content (AvgIpc) is 2.76. The third kappa shape index (κ3) is 5.59. The maximum atomic E-state index is 11.7. The molecule has 6 nitrogen and oxygen atoms in total. The minimum Gasteiger partial charge on any atom is -0.374 e. The minimum absolute atomic E-state index is 0.0477. The molecule has 1 amide bonds. The zero-order chi connectivity index (χ0) is 14.5. The van der Waals surface area contributed by atoms with Crippen LogP contribution in [-0.4, -0.2) is 40.5 Å². The number of halogens is 2. The van der Waals surface area contributed by atoms with E-state index >= 15 is 0 Å². The van der Waals surface area contributed by atoms with Crippen molar-refractivity contribution >= 4 is 27.3 Å². The smallest absolute Gasteiger partial charge is 0.261 e. The number of ether oxygens (including phenoxy) is 1. The Morgan fingerprint density at radius 3 is 2.74 bits per heavy atom. The standard InChI is InChI=1S/C9H12F2N2O4S2/c10-7(11)4-17-2-1-13-9(14)6-3-8(18-5-6)19(12,15)16/h3,5,7H,1-2,4H2,(H,13,14)(H2,12,15,16). The molecular formula is C9H12F2N2O4S2. The van der Waals surface area contributed by atoms with Gasteiger partial charge < -0.3 is 10.1 Å². The van der Waals surface area contributed by atoms with E-state index in [0.29, 0.717) is 0 Å². The molecule has 0 aliphatic heterocycles. The topological polar surface area (TPSA) is 98.5 Å². The van der Waals surface area contributed by atoms with Gasteiger partial charge in [0, 0.05) is 11.9 Å². The van der Waals surface area contributed by atoms with Gasteiger partial charge in [-0.25, -0.2) is 22.3 Å². The van der Waals surface area contributed by atoms with E-state index in [-0.39, 0.29) is 22.9 Å². The Labute approximate surface area is 112 Å². The summed E-state index contributed by atoms with van der Waals surface area (Å²) < 4.78 is 49.9. The second kappa shape index (κ2) is 6.89. The molecule has 108 valence electrons. The number of thiophene rings is 1. The lowest BCUT2D eigenvalue weighted by atomic mass is 10.3. The molecule has 0 fully saturated rings. The number of hydrogen-bond donors (Lipinski definition) is 2. The predicted molar refractivity (Wildman–Crippen MR) is 64.8 cm³/mol. The van der Waals surface area contributed by atoms with Gasteiger partial charge in [-0.3, -0.25) is 4.79 Å². The van der Waals surface area contributed by atoms with Gasteiger partial charge >= 0.3 is 0 Å². The zero-order valence-electron chi connectivity index (χ0n) is 9.64. The molecule has 3 N–H and O–H groups in total. The number of nitrogens with two attached hydrogens (primary N) is 1. The summed E-state index contributed by atoms with van der Waals surface area (Å²) in [5, 5.41) is 8.64. The lowest BCUT2D eigenvalue weighted by Crippen LogP contribution is -2.27. The summed E-state index contributed by atoms with van der Waals surface area (Å²) in [4.78, 5) is 11.5. The van der Waals surface area contributed by atoms with Crippen LogP contribution in [0.15, 0.2) is 15.7 Å². The van der Waals surface area contributed by atoms with E-state index < -0.39 is 29.0 Å². The van der Waals surface area contributed by atoms with E-state index in [1.807, 2.05) is 0 Å². The SMILES string of the molecule is NS(=O)(=O)c1cc(C(=O)NCCOCC(F)F)cs1. The Kier molecular flexibility index (Phi) is 5.79. The lowest BCUT2D eigenvalue weighted by Gasteiger charge is -2.04. The van der Waals surface area contributed by atoms with Crippen LogP contribution in [0.2, 0.25) is 0 Å². The quantitative estimate of drug-likeness (QED) is 0.712. The van der Waals surface area contributed by atoms with Crippen LogP contribution >= 0.6 is 11.3 Å². The van der Waals surface area contributed by atoms with Gasteiger partial charge in [0.05, 0.1) is 12.2 Å². The molecule has 0 bridgehead atoms. The van der Waals surface area contributed by atoms with Crippen molar-refractivity contribution < 1.29 is 26.7 Å². The van der Waals surface area contributed by atoms with Crippen LogP contribution in [0.3, 0.4) is 0 Å². The van der Waals surface area contributed by atoms with Crippen molar-refractivity contribution in [3.05, 3.63) is 17.0 Å². The molecule has 1 heterocycles. The van der Waals surface area contributed by atoms with Crippen molar-refractivity contribution in [1.29, 1.82) is 0 Å². The van der Waals surface area contributed by atoms with Gasteiger partial charge in [0.1, 0.15) is 10.8 Å². The second-order valence-electron chi connectivity index (χ2n) is 3.42. The van der Waals surface area contributed by atoms with Gasteiger partial charge in [-0.2, -0.15) is 0 Å². The van der Waals surface area contributed by atoms with Crippen LogP contribution in [0, 0.1) is 0 Å². The second-order valence-corrected chi connectivity index (χ2v) is 6.12. The molecular weight excluding hydrogens is 302 g/mol. The molecule has 0 saturated carbocycles. The van der Waals surface area contributed by atoms with Crippen LogP contribution < -0.4 is 10.5 Å². The Bertz CT molecular complexity index is 530. The van der Waals surface area contributed by atoms with E-state index in [1.54, 1.807) is 0 Å². The van der Waals surface area contributed by atoms with Crippen LogP contribution in [0.4, 0.5) is 8.78 Å². The lowest BCUT2D eigenvalue weighted by molar-refractivity contribution is 0.0188. The van der Waals surface area contributed by atoms with E-state index in [4.69, 9.17) is 5.14 Å². The highest BCUT2D eigenvalue weighted by Crippen LogP contribution is 2.18. The fourth-order valence-electron chi connectivity index (χ4n) is 1.10. The van der Waals surface area contributed by atoms with E-state index in [2.05, 4.69) is 10.1 Å². The number of amides is 1. The van der Waals surface area contributed by atoms with Crippen LogP contribution in [0.5, 0.6) is 0 Å². The van der Waals surface area contributed by atoms with E-state index in [9.17, 15) is 22.0 Å². The van der Waals surface area contributed by atoms with Gasteiger partial charge in [-0.05, 0) is 6.07 Å². The summed E-state index contributed by atoms with van der Waals surface area (Å²) in [6.07, 6.45) is -2.55. The number of primary sulfonamides is 1. The molecule has 0 saturated heterocycles. The first-order valence-corrected chi connectivity index (χ1v) is 7.48. The highest BCUT2D eigenvalue weighted by Gasteiger charge is 2.14. The maximum absolute atomic E-state index is 11.7. The summed E-state index contributed by atoms with van der Waals surface area (Å²) >= 11 is 0.828. The van der Waals surface area contributed by atoms with Crippen molar-refractivity contribution in [1.82, 2.24) is 5.32 Å². The third-order valence-corrected chi connectivity index (χ3v) is 4.28. The molecule has 0 spiro atoms. The summed E-state index contributed by atoms with van der Waals surface area (Å²) in [5.41, 5.74) is 0.142. The number of rotatable bonds is 7. The van der Waals surface area contributed by atoms with Crippen molar-refractivity contribution in [2.75, 3.05) is 19.8 Å². The van der Waals surface area contributed by atoms with E-state index in [0.717, 1.165) is 17.4 Å². The highest BCUT2D eigenvalue weighted by atomic mass is 32.2. The highest BCUT2D eigenvalue weighted by molar-refractivity contribution is 7.91. The monoisotopic (exact) mass is 314 g/mol. The summed E-state index contributed by atoms with van der Waals surface area (Å²) in [5.74, 6) is -0.521. The normalized spacial score (nSPS) is 11.8. The van der Waals surface area contributed by atoms with Gasteiger partial charge in [-0.15, -0.1) is 11.3 Å². The first kappa shape index (κ1) is 16.0. The first-order chi connectivity index (χ1) is 8.80. The van der Waals surface area contributed by atoms with Crippen molar-refractivity contribution in [2.45, 2.75) is 10.6 Å².